The van der Waals surface area contributed by atoms with E-state index in [9.17, 15) is 0 Å². The van der Waals surface area contributed by atoms with Gasteiger partial charge in [-0.2, -0.15) is 0 Å². The van der Waals surface area contributed by atoms with E-state index < -0.39 is 0 Å². The highest BCUT2D eigenvalue weighted by Gasteiger charge is 2.04. The highest BCUT2D eigenvalue weighted by Crippen LogP contribution is 2.30. The van der Waals surface area contributed by atoms with E-state index in [1.54, 1.807) is 22.7 Å². The zero-order valence-electron chi connectivity index (χ0n) is 10.5. The molecule has 18 heavy (non-hydrogen) atoms. The van der Waals surface area contributed by atoms with E-state index in [0.717, 1.165) is 21.3 Å². The Morgan fingerprint density at radius 3 is 1.72 bits per heavy atom. The molecule has 0 bridgehead atoms. The van der Waals surface area contributed by atoms with Crippen molar-refractivity contribution >= 4 is 34.8 Å². The van der Waals surface area contributed by atoms with Crippen LogP contribution in [0.4, 0.5) is 0 Å². The summed E-state index contributed by atoms with van der Waals surface area (Å²) in [6.07, 6.45) is 4.17. The third kappa shape index (κ3) is 3.15. The summed E-state index contributed by atoms with van der Waals surface area (Å²) in [5.41, 5.74) is 0. The number of hydrogen-bond donors (Lipinski definition) is 0. The first-order valence-electron chi connectivity index (χ1n) is 5.93. The SMILES string of the molecule is CCOc1ccsc1/C=C/c1sccc1OCC. The van der Waals surface area contributed by atoms with Crippen LogP contribution in [-0.2, 0) is 0 Å². The molecule has 0 radical (unpaired) electrons. The zero-order chi connectivity index (χ0) is 12.8. The molecule has 0 saturated heterocycles. The molecule has 0 N–H and O–H groups in total. The third-order valence-corrected chi connectivity index (χ3v) is 4.03. The molecule has 0 unspecified atom stereocenters. The average molecular weight is 280 g/mol. The molecule has 96 valence electrons. The largest absolute Gasteiger partial charge is 0.492 e. The Hall–Kier alpha value is -1.26. The molecule has 0 aromatic carbocycles. The van der Waals surface area contributed by atoms with Gasteiger partial charge < -0.3 is 9.47 Å². The van der Waals surface area contributed by atoms with Crippen LogP contribution >= 0.6 is 22.7 Å². The van der Waals surface area contributed by atoms with Gasteiger partial charge in [-0.15, -0.1) is 22.7 Å². The molecule has 2 heterocycles. The van der Waals surface area contributed by atoms with Crippen LogP contribution in [0.3, 0.4) is 0 Å². The Morgan fingerprint density at radius 1 is 0.889 bits per heavy atom. The van der Waals surface area contributed by atoms with E-state index in [2.05, 4.69) is 12.2 Å². The summed E-state index contributed by atoms with van der Waals surface area (Å²) >= 11 is 3.37. The molecule has 0 aliphatic rings. The van der Waals surface area contributed by atoms with Gasteiger partial charge in [-0.25, -0.2) is 0 Å². The normalized spacial score (nSPS) is 11.0. The van der Waals surface area contributed by atoms with Gasteiger partial charge in [0.05, 0.1) is 23.0 Å². The lowest BCUT2D eigenvalue weighted by atomic mass is 10.3. The van der Waals surface area contributed by atoms with Gasteiger partial charge in [0.15, 0.2) is 0 Å². The molecule has 2 rings (SSSR count). The lowest BCUT2D eigenvalue weighted by Gasteiger charge is -2.02. The fourth-order valence-corrected chi connectivity index (χ4v) is 3.02. The Morgan fingerprint density at radius 2 is 1.33 bits per heavy atom. The van der Waals surface area contributed by atoms with Crippen LogP contribution in [0.5, 0.6) is 11.5 Å². The summed E-state index contributed by atoms with van der Waals surface area (Å²) in [6, 6.07) is 4.01. The monoisotopic (exact) mass is 280 g/mol. The minimum atomic E-state index is 0.695. The summed E-state index contributed by atoms with van der Waals surface area (Å²) in [7, 11) is 0. The summed E-state index contributed by atoms with van der Waals surface area (Å²) in [4.78, 5) is 2.29. The van der Waals surface area contributed by atoms with Crippen LogP contribution in [0.25, 0.3) is 12.2 Å². The average Bonchev–Trinajstić information content (AvgIpc) is 2.97. The second-order valence-electron chi connectivity index (χ2n) is 3.50. The maximum absolute atomic E-state index is 5.56. The minimum absolute atomic E-state index is 0.695. The summed E-state index contributed by atoms with van der Waals surface area (Å²) in [5, 5.41) is 4.09. The van der Waals surface area contributed by atoms with Crippen LogP contribution in [0.1, 0.15) is 23.6 Å². The van der Waals surface area contributed by atoms with Crippen molar-refractivity contribution in [1.82, 2.24) is 0 Å². The van der Waals surface area contributed by atoms with Crippen molar-refractivity contribution in [1.29, 1.82) is 0 Å². The Bertz CT molecular complexity index is 465. The molecule has 0 aliphatic heterocycles. The fourth-order valence-electron chi connectivity index (χ4n) is 1.56. The van der Waals surface area contributed by atoms with Gasteiger partial charge >= 0.3 is 0 Å². The maximum Gasteiger partial charge on any atom is 0.137 e. The summed E-state index contributed by atoms with van der Waals surface area (Å²) in [6.45, 7) is 5.39. The van der Waals surface area contributed by atoms with Crippen LogP contribution in [-0.4, -0.2) is 13.2 Å². The first kappa shape index (κ1) is 13.2. The van der Waals surface area contributed by atoms with Crippen molar-refractivity contribution in [3.05, 3.63) is 32.6 Å². The quantitative estimate of drug-likeness (QED) is 0.758. The van der Waals surface area contributed by atoms with E-state index in [0.29, 0.717) is 13.2 Å². The van der Waals surface area contributed by atoms with E-state index >= 15 is 0 Å². The fraction of sp³-hybridized carbons (Fsp3) is 0.286. The Balaban J connectivity index is 2.14. The second kappa shape index (κ2) is 6.61. The molecule has 0 fully saturated rings. The van der Waals surface area contributed by atoms with Crippen LogP contribution < -0.4 is 9.47 Å². The second-order valence-corrected chi connectivity index (χ2v) is 5.39. The van der Waals surface area contributed by atoms with Crippen molar-refractivity contribution in [3.8, 4) is 11.5 Å². The van der Waals surface area contributed by atoms with E-state index in [4.69, 9.17) is 9.47 Å². The number of rotatable bonds is 6. The highest BCUT2D eigenvalue weighted by atomic mass is 32.1. The topological polar surface area (TPSA) is 18.5 Å². The molecule has 0 atom stereocenters. The van der Waals surface area contributed by atoms with Crippen LogP contribution in [0.2, 0.25) is 0 Å². The first-order chi connectivity index (χ1) is 8.85. The number of thiophene rings is 2. The van der Waals surface area contributed by atoms with E-state index in [1.165, 1.54) is 0 Å². The molecule has 0 saturated carbocycles. The van der Waals surface area contributed by atoms with Crippen molar-refractivity contribution in [2.45, 2.75) is 13.8 Å². The Kier molecular flexibility index (Phi) is 4.84. The van der Waals surface area contributed by atoms with E-state index in [-0.39, 0.29) is 0 Å². The molecule has 2 aromatic rings. The molecule has 0 amide bonds. The van der Waals surface area contributed by atoms with Crippen molar-refractivity contribution in [2.24, 2.45) is 0 Å². The van der Waals surface area contributed by atoms with Gasteiger partial charge in [-0.3, -0.25) is 0 Å². The van der Waals surface area contributed by atoms with Crippen molar-refractivity contribution in [2.75, 3.05) is 13.2 Å². The van der Waals surface area contributed by atoms with E-state index in [1.807, 2.05) is 36.7 Å². The van der Waals surface area contributed by atoms with Crippen molar-refractivity contribution < 1.29 is 9.47 Å². The van der Waals surface area contributed by atoms with Crippen molar-refractivity contribution in [3.63, 3.8) is 0 Å². The molecule has 0 aliphatic carbocycles. The van der Waals surface area contributed by atoms with Gasteiger partial charge in [0.2, 0.25) is 0 Å². The number of ether oxygens (including phenoxy) is 2. The summed E-state index contributed by atoms with van der Waals surface area (Å²) in [5.74, 6) is 1.90. The van der Waals surface area contributed by atoms with Gasteiger partial charge in [0, 0.05) is 0 Å². The lowest BCUT2D eigenvalue weighted by molar-refractivity contribution is 0.340. The molecular formula is C14H16O2S2. The smallest absolute Gasteiger partial charge is 0.137 e. The van der Waals surface area contributed by atoms with Crippen LogP contribution in [0.15, 0.2) is 22.9 Å². The molecule has 4 heteroatoms. The molecule has 2 aromatic heterocycles. The lowest BCUT2D eigenvalue weighted by Crippen LogP contribution is -1.91. The van der Waals surface area contributed by atoms with Gasteiger partial charge in [-0.1, -0.05) is 0 Å². The molecular weight excluding hydrogens is 264 g/mol. The summed E-state index contributed by atoms with van der Waals surface area (Å²) < 4.78 is 11.1. The first-order valence-corrected chi connectivity index (χ1v) is 7.69. The van der Waals surface area contributed by atoms with Gasteiger partial charge in [0.25, 0.3) is 0 Å². The number of hydrogen-bond acceptors (Lipinski definition) is 4. The zero-order valence-corrected chi connectivity index (χ0v) is 12.1. The predicted molar refractivity (Wildman–Crippen MR) is 79.9 cm³/mol. The highest BCUT2D eigenvalue weighted by molar-refractivity contribution is 7.12. The standard InChI is InChI=1S/C14H16O2S2/c1-3-15-11-7-9-17-13(11)5-6-14-12(16-4-2)8-10-18-14/h5-10H,3-4H2,1-2H3/b6-5+. The third-order valence-electron chi connectivity index (χ3n) is 2.30. The maximum atomic E-state index is 5.56. The van der Waals surface area contributed by atoms with Gasteiger partial charge in [-0.05, 0) is 48.9 Å². The predicted octanol–water partition coefficient (Wildman–Crippen LogP) is 4.78. The van der Waals surface area contributed by atoms with Gasteiger partial charge in [0.1, 0.15) is 11.5 Å². The minimum Gasteiger partial charge on any atom is -0.492 e. The van der Waals surface area contributed by atoms with Crippen LogP contribution in [0, 0.1) is 0 Å². The Labute approximate surface area is 115 Å². The molecule has 0 spiro atoms. The molecule has 2 nitrogen and oxygen atoms in total.